The van der Waals surface area contributed by atoms with Crippen LogP contribution in [0.25, 0.3) is 0 Å². The van der Waals surface area contributed by atoms with Crippen LogP contribution in [0.15, 0.2) is 48.5 Å². The van der Waals surface area contributed by atoms with E-state index in [2.05, 4.69) is 24.1 Å². The van der Waals surface area contributed by atoms with Crippen LogP contribution >= 0.6 is 0 Å². The predicted molar refractivity (Wildman–Crippen MR) is 134 cm³/mol. The molecule has 0 heterocycles. The number of carbonyl (C=O) groups excluding carboxylic acids is 2. The molecule has 1 amide bonds. The fraction of sp³-hybridized carbons (Fsp3) is 0.444. The molecule has 0 aliphatic heterocycles. The summed E-state index contributed by atoms with van der Waals surface area (Å²) in [6.45, 7) is 7.86. The third-order valence-corrected chi connectivity index (χ3v) is 5.39. The van der Waals surface area contributed by atoms with Crippen molar-refractivity contribution in [2.24, 2.45) is 5.92 Å². The number of carboxylic acid groups (broad SMARTS) is 1. The monoisotopic (exact) mass is 542 g/mol. The molecule has 2 rings (SSSR count). The summed E-state index contributed by atoms with van der Waals surface area (Å²) in [6, 6.07) is 13.0. The smallest absolute Gasteiger partial charge is 0.475 e. The lowest BCUT2D eigenvalue weighted by molar-refractivity contribution is -0.192. The molecule has 0 spiro atoms. The predicted octanol–water partition coefficient (Wildman–Crippen LogP) is 4.34. The summed E-state index contributed by atoms with van der Waals surface area (Å²) in [7, 11) is 0. The number of nitrogens with zero attached hydrogens (tertiary/aromatic N) is 1. The number of rotatable bonds is 12. The zero-order chi connectivity index (χ0) is 28.9. The Kier molecular flexibility index (Phi) is 13.6. The topological polar surface area (TPSA) is 107 Å². The molecule has 1 unspecified atom stereocenters. The van der Waals surface area contributed by atoms with Gasteiger partial charge in [0.15, 0.2) is 5.78 Å². The molecule has 210 valence electrons. The molecule has 2 aromatic carbocycles. The van der Waals surface area contributed by atoms with Crippen LogP contribution < -0.4 is 5.32 Å². The van der Waals surface area contributed by atoms with Gasteiger partial charge >= 0.3 is 12.1 Å². The highest BCUT2D eigenvalue weighted by Crippen LogP contribution is 2.13. The van der Waals surface area contributed by atoms with E-state index in [-0.39, 0.29) is 24.1 Å². The highest BCUT2D eigenvalue weighted by Gasteiger charge is 2.38. The number of carboxylic acids is 1. The Bertz CT molecular complexity index is 1040. The molecule has 0 saturated carbocycles. The number of hydrogen-bond acceptors (Lipinski definition) is 5. The van der Waals surface area contributed by atoms with E-state index in [4.69, 9.17) is 9.90 Å². The van der Waals surface area contributed by atoms with Crippen LogP contribution in [0.1, 0.15) is 53.5 Å². The van der Waals surface area contributed by atoms with E-state index >= 15 is 0 Å². The van der Waals surface area contributed by atoms with E-state index in [9.17, 15) is 32.3 Å². The number of hydrogen-bond donors (Lipinski definition) is 3. The average molecular weight is 543 g/mol. The highest BCUT2D eigenvalue weighted by molar-refractivity contribution is 5.97. The minimum atomic E-state index is -5.08. The maximum absolute atomic E-state index is 13.4. The van der Waals surface area contributed by atoms with Gasteiger partial charge in [0.2, 0.25) is 0 Å². The Morgan fingerprint density at radius 3 is 2.08 bits per heavy atom. The van der Waals surface area contributed by atoms with Gasteiger partial charge in [-0.2, -0.15) is 13.2 Å². The SMILES string of the molecule is CC(=O)c1ccc(C(=O)NCC(O)CN(CCc2cccc(F)c2)CCC(C)C)cc1.O=C(O)C(F)(F)F. The third-order valence-electron chi connectivity index (χ3n) is 5.39. The molecule has 0 saturated heterocycles. The zero-order valence-electron chi connectivity index (χ0n) is 21.6. The second-order valence-corrected chi connectivity index (χ2v) is 9.16. The van der Waals surface area contributed by atoms with Crippen molar-refractivity contribution in [2.45, 2.75) is 45.9 Å². The maximum Gasteiger partial charge on any atom is 0.490 e. The van der Waals surface area contributed by atoms with Crippen LogP contribution in [0, 0.1) is 11.7 Å². The Morgan fingerprint density at radius 1 is 1.00 bits per heavy atom. The van der Waals surface area contributed by atoms with Gasteiger partial charge in [0.1, 0.15) is 5.82 Å². The van der Waals surface area contributed by atoms with Gasteiger partial charge in [0.25, 0.3) is 5.91 Å². The summed E-state index contributed by atoms with van der Waals surface area (Å²) in [5, 5.41) is 20.4. The number of alkyl halides is 3. The van der Waals surface area contributed by atoms with Crippen molar-refractivity contribution in [2.75, 3.05) is 26.2 Å². The molecule has 0 fully saturated rings. The molecule has 38 heavy (non-hydrogen) atoms. The Morgan fingerprint density at radius 2 is 1.58 bits per heavy atom. The van der Waals surface area contributed by atoms with Gasteiger partial charge in [-0.3, -0.25) is 9.59 Å². The largest absolute Gasteiger partial charge is 0.490 e. The molecule has 1 atom stereocenters. The van der Waals surface area contributed by atoms with E-state index in [0.29, 0.717) is 36.6 Å². The van der Waals surface area contributed by atoms with Crippen molar-refractivity contribution >= 4 is 17.7 Å². The second kappa shape index (κ2) is 15.8. The lowest BCUT2D eigenvalue weighted by atomic mass is 10.1. The zero-order valence-corrected chi connectivity index (χ0v) is 21.6. The van der Waals surface area contributed by atoms with Crippen molar-refractivity contribution in [1.82, 2.24) is 10.2 Å². The van der Waals surface area contributed by atoms with Gasteiger partial charge < -0.3 is 20.4 Å². The molecule has 7 nitrogen and oxygen atoms in total. The number of amides is 1. The van der Waals surface area contributed by atoms with E-state index < -0.39 is 18.2 Å². The van der Waals surface area contributed by atoms with E-state index in [1.54, 1.807) is 30.3 Å². The Balaban J connectivity index is 0.000000905. The van der Waals surface area contributed by atoms with Crippen molar-refractivity contribution in [3.8, 4) is 0 Å². The number of aliphatic carboxylic acids is 1. The molecular formula is C27H34F4N2O5. The van der Waals surface area contributed by atoms with Crippen LogP contribution in [0.3, 0.4) is 0 Å². The number of carbonyl (C=O) groups is 3. The Hall–Kier alpha value is -3.31. The van der Waals surface area contributed by atoms with Crippen molar-refractivity contribution < 1.29 is 42.2 Å². The molecule has 2 aromatic rings. The minimum absolute atomic E-state index is 0.0536. The van der Waals surface area contributed by atoms with Crippen LogP contribution in [-0.2, 0) is 11.2 Å². The van der Waals surface area contributed by atoms with Gasteiger partial charge in [0.05, 0.1) is 6.10 Å². The molecule has 11 heteroatoms. The van der Waals surface area contributed by atoms with Gasteiger partial charge in [-0.15, -0.1) is 0 Å². The first kappa shape index (κ1) is 32.7. The van der Waals surface area contributed by atoms with Crippen LogP contribution in [-0.4, -0.2) is 71.2 Å². The van der Waals surface area contributed by atoms with E-state index in [1.165, 1.54) is 19.1 Å². The van der Waals surface area contributed by atoms with Crippen molar-refractivity contribution in [3.05, 3.63) is 71.0 Å². The Labute approximate surface area is 219 Å². The van der Waals surface area contributed by atoms with Crippen LogP contribution in [0.2, 0.25) is 0 Å². The first-order chi connectivity index (χ1) is 17.7. The molecular weight excluding hydrogens is 508 g/mol. The molecule has 0 aliphatic rings. The summed E-state index contributed by atoms with van der Waals surface area (Å²) in [4.78, 5) is 34.7. The van der Waals surface area contributed by atoms with E-state index in [1.807, 2.05) is 6.07 Å². The van der Waals surface area contributed by atoms with Crippen molar-refractivity contribution in [1.29, 1.82) is 0 Å². The number of benzene rings is 2. The quantitative estimate of drug-likeness (QED) is 0.272. The summed E-state index contributed by atoms with van der Waals surface area (Å²) >= 11 is 0. The summed E-state index contributed by atoms with van der Waals surface area (Å²) < 4.78 is 45.2. The van der Waals surface area contributed by atoms with Gasteiger partial charge in [0, 0.05) is 30.8 Å². The van der Waals surface area contributed by atoms with Crippen molar-refractivity contribution in [3.63, 3.8) is 0 Å². The highest BCUT2D eigenvalue weighted by atomic mass is 19.4. The fourth-order valence-electron chi connectivity index (χ4n) is 3.25. The second-order valence-electron chi connectivity index (χ2n) is 9.16. The standard InChI is InChI=1S/C25H33FN2O3.C2HF3O2/c1-18(2)11-13-28(14-12-20-5-4-6-23(26)15-20)17-24(30)16-27-25(31)22-9-7-21(8-10-22)19(3)29;3-2(4,5)1(6)7/h4-10,15,18,24,30H,11-14,16-17H2,1-3H3,(H,27,31);(H,6,7). The third kappa shape index (κ3) is 13.3. The first-order valence-corrected chi connectivity index (χ1v) is 12.0. The summed E-state index contributed by atoms with van der Waals surface area (Å²) in [5.74, 6) is -2.81. The van der Waals surface area contributed by atoms with Gasteiger partial charge in [-0.05, 0) is 62.1 Å². The fourth-order valence-corrected chi connectivity index (χ4v) is 3.25. The molecule has 0 bridgehead atoms. The van der Waals surface area contributed by atoms with Gasteiger partial charge in [-0.1, -0.05) is 38.1 Å². The number of Topliss-reactive ketones (excluding diaryl/α,β-unsaturated/α-hetero) is 1. The van der Waals surface area contributed by atoms with E-state index in [0.717, 1.165) is 18.5 Å². The maximum atomic E-state index is 13.4. The number of aliphatic hydroxyl groups excluding tert-OH is 1. The lowest BCUT2D eigenvalue weighted by Gasteiger charge is -2.26. The van der Waals surface area contributed by atoms with Gasteiger partial charge in [-0.25, -0.2) is 9.18 Å². The van der Waals surface area contributed by atoms with Crippen LogP contribution in [0.5, 0.6) is 0 Å². The minimum Gasteiger partial charge on any atom is -0.475 e. The number of nitrogens with one attached hydrogen (secondary N) is 1. The first-order valence-electron chi connectivity index (χ1n) is 12.0. The molecule has 0 radical (unpaired) electrons. The molecule has 0 aromatic heterocycles. The number of halogens is 4. The average Bonchev–Trinajstić information content (AvgIpc) is 2.84. The number of aliphatic hydroxyl groups is 1. The lowest BCUT2D eigenvalue weighted by Crippen LogP contribution is -2.41. The normalized spacial score (nSPS) is 12.1. The summed E-state index contributed by atoms with van der Waals surface area (Å²) in [5.41, 5.74) is 1.92. The number of ketones is 1. The summed E-state index contributed by atoms with van der Waals surface area (Å²) in [6.07, 6.45) is -4.12. The molecule has 3 N–H and O–H groups in total. The molecule has 0 aliphatic carbocycles. The van der Waals surface area contributed by atoms with Crippen LogP contribution in [0.4, 0.5) is 17.6 Å².